The lowest BCUT2D eigenvalue weighted by Crippen LogP contribution is -2.35. The molecule has 6 heteroatoms. The van der Waals surface area contributed by atoms with Gasteiger partial charge in [0.1, 0.15) is 0 Å². The molecule has 0 bridgehead atoms. The van der Waals surface area contributed by atoms with Crippen molar-refractivity contribution in [2.75, 3.05) is 11.9 Å². The summed E-state index contributed by atoms with van der Waals surface area (Å²) in [7, 11) is 0. The number of halogens is 1. The molecule has 156 valence electrons. The Morgan fingerprint density at radius 2 is 1.80 bits per heavy atom. The summed E-state index contributed by atoms with van der Waals surface area (Å²) in [5, 5.41) is 8.24. The maximum Gasteiger partial charge on any atom is 0.227 e. The second-order valence-electron chi connectivity index (χ2n) is 7.55. The van der Waals surface area contributed by atoms with E-state index in [1.54, 1.807) is 0 Å². The summed E-state index contributed by atoms with van der Waals surface area (Å²) < 4.78 is 0. The maximum atomic E-state index is 12.5. The predicted octanol–water partition coefficient (Wildman–Crippen LogP) is 3.97. The largest absolute Gasteiger partial charge is 0.348 e. The normalized spacial score (nSPS) is 16.2. The van der Waals surface area contributed by atoms with Gasteiger partial charge in [-0.2, -0.15) is 0 Å². The summed E-state index contributed by atoms with van der Waals surface area (Å²) in [6.45, 7) is 0.321. The van der Waals surface area contributed by atoms with Crippen LogP contribution in [0, 0.1) is 5.92 Å². The molecule has 0 aromatic heterocycles. The lowest BCUT2D eigenvalue weighted by atomic mass is 9.89. The van der Waals surface area contributed by atoms with Crippen molar-refractivity contribution in [3.8, 4) is 0 Å². The van der Waals surface area contributed by atoms with Crippen LogP contribution in [0.4, 0.5) is 5.69 Å². The number of hydrogen-bond acceptors (Lipinski definition) is 3. The Morgan fingerprint density at radius 1 is 1.07 bits per heavy atom. The molecule has 0 saturated carbocycles. The summed E-state index contributed by atoms with van der Waals surface area (Å²) in [5.41, 5.74) is 8.91. The molecule has 1 aliphatic rings. The average Bonchev–Trinajstić information content (AvgIpc) is 2.75. The predicted molar refractivity (Wildman–Crippen MR) is 123 cm³/mol. The molecule has 1 aliphatic heterocycles. The Labute approximate surface area is 182 Å². The van der Waals surface area contributed by atoms with Gasteiger partial charge in [-0.15, -0.1) is 12.4 Å². The Kier molecular flexibility index (Phi) is 7.08. The van der Waals surface area contributed by atoms with Crippen molar-refractivity contribution in [1.82, 2.24) is 5.32 Å². The van der Waals surface area contributed by atoms with Crippen LogP contribution < -0.4 is 16.4 Å². The highest BCUT2D eigenvalue weighted by Crippen LogP contribution is 2.27. The highest BCUT2D eigenvalue weighted by atomic mass is 35.5. The first-order valence-corrected chi connectivity index (χ1v) is 10.0. The van der Waals surface area contributed by atoms with Gasteiger partial charge in [0.2, 0.25) is 11.8 Å². The van der Waals surface area contributed by atoms with Crippen molar-refractivity contribution in [3.05, 3.63) is 77.9 Å². The van der Waals surface area contributed by atoms with Gasteiger partial charge >= 0.3 is 0 Å². The molecule has 4 N–H and O–H groups in total. The van der Waals surface area contributed by atoms with E-state index in [0.717, 1.165) is 27.6 Å². The smallest absolute Gasteiger partial charge is 0.227 e. The van der Waals surface area contributed by atoms with Crippen molar-refractivity contribution in [3.63, 3.8) is 0 Å². The molecule has 0 radical (unpaired) electrons. The fourth-order valence-corrected chi connectivity index (χ4v) is 3.92. The van der Waals surface area contributed by atoms with Crippen LogP contribution >= 0.6 is 12.4 Å². The van der Waals surface area contributed by atoms with Crippen molar-refractivity contribution in [2.45, 2.75) is 25.3 Å². The van der Waals surface area contributed by atoms with E-state index >= 15 is 0 Å². The van der Waals surface area contributed by atoms with Gasteiger partial charge < -0.3 is 16.4 Å². The van der Waals surface area contributed by atoms with Gasteiger partial charge in [-0.05, 0) is 46.9 Å². The van der Waals surface area contributed by atoms with Gasteiger partial charge in [0.25, 0.3) is 0 Å². The molecule has 2 atom stereocenters. The van der Waals surface area contributed by atoms with E-state index in [9.17, 15) is 9.59 Å². The van der Waals surface area contributed by atoms with Gasteiger partial charge in [0.05, 0.1) is 6.04 Å². The number of nitrogens with two attached hydrogens (primary N) is 1. The number of benzene rings is 3. The number of para-hydroxylation sites is 1. The molecule has 3 aromatic rings. The molecular formula is C24H26ClN3O2. The van der Waals surface area contributed by atoms with Crippen LogP contribution in [0.1, 0.15) is 30.0 Å². The fourth-order valence-electron chi connectivity index (χ4n) is 3.92. The van der Waals surface area contributed by atoms with Crippen LogP contribution in [0.2, 0.25) is 0 Å². The minimum absolute atomic E-state index is 0. The monoisotopic (exact) mass is 423 g/mol. The van der Waals surface area contributed by atoms with E-state index in [4.69, 9.17) is 5.73 Å². The third-order valence-corrected chi connectivity index (χ3v) is 5.58. The summed E-state index contributed by atoms with van der Waals surface area (Å²) in [6, 6.07) is 21.8. The number of hydrogen-bond donors (Lipinski definition) is 3. The summed E-state index contributed by atoms with van der Waals surface area (Å²) in [6.07, 6.45) is 1.48. The van der Waals surface area contributed by atoms with Crippen LogP contribution in [0.25, 0.3) is 10.8 Å². The van der Waals surface area contributed by atoms with Gasteiger partial charge in [-0.3, -0.25) is 9.59 Å². The number of nitrogens with one attached hydrogen (secondary N) is 2. The van der Waals surface area contributed by atoms with Crippen molar-refractivity contribution >= 4 is 40.7 Å². The minimum atomic E-state index is -0.243. The molecule has 1 heterocycles. The molecule has 30 heavy (non-hydrogen) atoms. The van der Waals surface area contributed by atoms with Gasteiger partial charge in [0.15, 0.2) is 0 Å². The number of carbonyl (C=O) groups excluding carboxylic acids is 2. The third kappa shape index (κ3) is 4.81. The van der Waals surface area contributed by atoms with E-state index in [2.05, 4.69) is 22.8 Å². The summed E-state index contributed by atoms with van der Waals surface area (Å²) in [4.78, 5) is 24.9. The SMILES string of the molecule is Cl.NCC(NC(=O)CCC1Cc2ccccc2NC1=O)c1ccc2ccccc2c1. The fraction of sp³-hybridized carbons (Fsp3) is 0.250. The zero-order chi connectivity index (χ0) is 20.2. The van der Waals surface area contributed by atoms with Crippen molar-refractivity contribution in [1.29, 1.82) is 0 Å². The Bertz CT molecular complexity index is 1050. The second-order valence-corrected chi connectivity index (χ2v) is 7.55. The van der Waals surface area contributed by atoms with Crippen LogP contribution in [-0.2, 0) is 16.0 Å². The highest BCUT2D eigenvalue weighted by Gasteiger charge is 2.26. The molecule has 0 fully saturated rings. The molecule has 0 aliphatic carbocycles. The van der Waals surface area contributed by atoms with E-state index in [1.165, 1.54) is 0 Å². The highest BCUT2D eigenvalue weighted by molar-refractivity contribution is 5.96. The molecule has 3 aromatic carbocycles. The van der Waals surface area contributed by atoms with E-state index in [-0.39, 0.29) is 36.2 Å². The first kappa shape index (κ1) is 21.8. The molecule has 5 nitrogen and oxygen atoms in total. The Morgan fingerprint density at radius 3 is 2.60 bits per heavy atom. The van der Waals surface area contributed by atoms with Gasteiger partial charge in [-0.1, -0.05) is 54.6 Å². The van der Waals surface area contributed by atoms with Crippen LogP contribution in [0.15, 0.2) is 66.7 Å². The van der Waals surface area contributed by atoms with Crippen molar-refractivity contribution in [2.24, 2.45) is 11.7 Å². The number of fused-ring (bicyclic) bond motifs is 2. The van der Waals surface area contributed by atoms with Crippen LogP contribution in [0.3, 0.4) is 0 Å². The van der Waals surface area contributed by atoms with E-state index in [1.807, 2.05) is 54.6 Å². The van der Waals surface area contributed by atoms with E-state index < -0.39 is 0 Å². The first-order chi connectivity index (χ1) is 14.1. The zero-order valence-electron chi connectivity index (χ0n) is 16.6. The maximum absolute atomic E-state index is 12.5. The van der Waals surface area contributed by atoms with Crippen LogP contribution in [0.5, 0.6) is 0 Å². The number of carbonyl (C=O) groups is 2. The standard InChI is InChI=1S/C24H25N3O2.ClH/c25-15-22(19-10-9-16-5-1-2-6-17(16)13-19)26-23(28)12-11-20-14-18-7-3-4-8-21(18)27-24(20)29;/h1-10,13,20,22H,11-12,14-15,25H2,(H,26,28)(H,27,29);1H. The molecule has 2 amide bonds. The molecule has 0 saturated heterocycles. The second kappa shape index (κ2) is 9.74. The lowest BCUT2D eigenvalue weighted by Gasteiger charge is -2.24. The number of amides is 2. The molecule has 4 rings (SSSR count). The zero-order valence-corrected chi connectivity index (χ0v) is 17.5. The average molecular weight is 424 g/mol. The number of rotatable bonds is 6. The van der Waals surface area contributed by atoms with Crippen LogP contribution in [-0.4, -0.2) is 18.4 Å². The molecular weight excluding hydrogens is 398 g/mol. The molecule has 2 unspecified atom stereocenters. The first-order valence-electron chi connectivity index (χ1n) is 10.0. The summed E-state index contributed by atoms with van der Waals surface area (Å²) in [5.74, 6) is -0.283. The van der Waals surface area contributed by atoms with Gasteiger partial charge in [-0.25, -0.2) is 0 Å². The Hall–Kier alpha value is -2.89. The Balaban J connectivity index is 0.00000256. The quantitative estimate of drug-likeness (QED) is 0.560. The third-order valence-electron chi connectivity index (χ3n) is 5.58. The minimum Gasteiger partial charge on any atom is -0.348 e. The molecule has 0 spiro atoms. The lowest BCUT2D eigenvalue weighted by molar-refractivity contribution is -0.123. The van der Waals surface area contributed by atoms with Crippen molar-refractivity contribution < 1.29 is 9.59 Å². The summed E-state index contributed by atoms with van der Waals surface area (Å²) >= 11 is 0. The number of anilines is 1. The van der Waals surface area contributed by atoms with Gasteiger partial charge in [0, 0.05) is 24.6 Å². The topological polar surface area (TPSA) is 84.2 Å². The van der Waals surface area contributed by atoms with E-state index in [0.29, 0.717) is 25.8 Å².